The summed E-state index contributed by atoms with van der Waals surface area (Å²) in [4.78, 5) is 37.6. The zero-order valence-corrected chi connectivity index (χ0v) is 40.2. The Kier molecular flexibility index (Phi) is 22.7. The van der Waals surface area contributed by atoms with Gasteiger partial charge in [0, 0.05) is 25.9 Å². The number of unbranched alkanes of at least 4 members (excludes halogenated alkanes) is 1. The fourth-order valence-electron chi connectivity index (χ4n) is 5.82. The van der Waals surface area contributed by atoms with Crippen molar-refractivity contribution in [2.75, 3.05) is 53.5 Å². The number of hydrogen-bond donors (Lipinski definition) is 4. The second-order valence-corrected chi connectivity index (χ2v) is 17.0. The van der Waals surface area contributed by atoms with E-state index in [9.17, 15) is 9.59 Å². The van der Waals surface area contributed by atoms with Crippen LogP contribution in [0.2, 0.25) is 0 Å². The number of halogens is 4. The van der Waals surface area contributed by atoms with E-state index in [2.05, 4.69) is 95.3 Å². The number of nitrogens with zero attached hydrogens (tertiary/aromatic N) is 2. The third kappa shape index (κ3) is 17.7. The van der Waals surface area contributed by atoms with Crippen molar-refractivity contribution in [3.63, 3.8) is 0 Å². The minimum atomic E-state index is -0.270. The third-order valence-electron chi connectivity index (χ3n) is 8.88. The average molecular weight is 1080 g/mol. The molecule has 0 saturated carbocycles. The number of benzene rings is 4. The van der Waals surface area contributed by atoms with Gasteiger partial charge in [0.2, 0.25) is 0 Å². The highest BCUT2D eigenvalue weighted by atomic mass is 79.9. The van der Waals surface area contributed by atoms with Crippen molar-refractivity contribution in [2.24, 2.45) is 10.3 Å². The molecule has 0 aliphatic carbocycles. The quantitative estimate of drug-likeness (QED) is 0.0264. The second-order valence-electron chi connectivity index (χ2n) is 13.6. The molecule has 0 aliphatic heterocycles. The molecule has 0 aliphatic rings. The molecule has 4 N–H and O–H groups in total. The lowest BCUT2D eigenvalue weighted by molar-refractivity contribution is -0.115. The van der Waals surface area contributed by atoms with Crippen LogP contribution in [-0.4, -0.2) is 76.7 Å². The first-order valence-corrected chi connectivity index (χ1v) is 22.8. The SMILES string of the molecule is COc1c(Br)cc(C/C(=N\OCc2ccccc2)C(=O)NCCCNCCCCNCCCNC(=O)/C(Cc2cc(Br)c(OC)c(Br)c2)=N/OCc2ccccc2)cc1Br. The Hall–Kier alpha value is -3.80. The average Bonchev–Trinajstić information content (AvgIpc) is 3.23. The number of rotatable bonds is 27. The predicted molar refractivity (Wildman–Crippen MR) is 252 cm³/mol. The number of hydrogen-bond acceptors (Lipinski definition) is 10. The highest BCUT2D eigenvalue weighted by molar-refractivity contribution is 9.11. The van der Waals surface area contributed by atoms with Crippen molar-refractivity contribution in [3.05, 3.63) is 125 Å². The molecule has 322 valence electrons. The number of carbonyl (C=O) groups is 2. The molecule has 0 bridgehead atoms. The van der Waals surface area contributed by atoms with Crippen LogP contribution in [-0.2, 0) is 45.3 Å². The van der Waals surface area contributed by atoms with Gasteiger partial charge < -0.3 is 40.4 Å². The molecule has 16 heteroatoms. The topological polar surface area (TPSA) is 144 Å². The van der Waals surface area contributed by atoms with Crippen LogP contribution in [0.15, 0.2) is 113 Å². The Morgan fingerprint density at radius 3 is 1.20 bits per heavy atom. The summed E-state index contributed by atoms with van der Waals surface area (Å²) in [7, 11) is 3.21. The van der Waals surface area contributed by atoms with E-state index in [1.54, 1.807) is 14.2 Å². The van der Waals surface area contributed by atoms with Gasteiger partial charge in [0.1, 0.15) is 36.1 Å². The molecule has 0 heterocycles. The van der Waals surface area contributed by atoms with Crippen LogP contribution >= 0.6 is 63.7 Å². The maximum absolute atomic E-state index is 13.2. The first-order valence-electron chi connectivity index (χ1n) is 19.7. The van der Waals surface area contributed by atoms with Gasteiger partial charge in [0.15, 0.2) is 0 Å². The third-order valence-corrected chi connectivity index (χ3v) is 11.2. The Labute approximate surface area is 386 Å². The standard InChI is InChI=1S/C44H52Br4N6O6/c1-57-41-35(45)23-33(24-36(41)46)27-39(53-59-29-31-13-5-3-6-14-31)43(55)51-21-11-19-49-17-9-10-18-50-20-12-22-52-44(56)40(54-60-30-32-15-7-4-8-16-32)28-34-25-37(47)42(58-2)38(48)26-34/h3-8,13-16,23-26,49-50H,9-12,17-22,27-30H2,1-2H3,(H,51,55)(H,52,56)/b53-39+,54-40+. The summed E-state index contributed by atoms with van der Waals surface area (Å²) in [6, 6.07) is 27.0. The number of ether oxygens (including phenoxy) is 2. The summed E-state index contributed by atoms with van der Waals surface area (Å²) >= 11 is 14.2. The van der Waals surface area contributed by atoms with Crippen LogP contribution in [0.4, 0.5) is 0 Å². The van der Waals surface area contributed by atoms with Gasteiger partial charge >= 0.3 is 0 Å². The van der Waals surface area contributed by atoms with E-state index in [-0.39, 0.29) is 49.3 Å². The van der Waals surface area contributed by atoms with Crippen LogP contribution in [0, 0.1) is 0 Å². The Balaban J connectivity index is 1.10. The van der Waals surface area contributed by atoms with Crippen molar-refractivity contribution in [3.8, 4) is 11.5 Å². The first-order chi connectivity index (χ1) is 29.2. The number of methoxy groups -OCH3 is 2. The maximum atomic E-state index is 13.2. The van der Waals surface area contributed by atoms with Crippen LogP contribution in [0.25, 0.3) is 0 Å². The van der Waals surface area contributed by atoms with Crippen LogP contribution in [0.1, 0.15) is 47.9 Å². The molecule has 0 spiro atoms. The number of nitrogens with one attached hydrogen (secondary N) is 4. The molecule has 0 saturated heterocycles. The van der Waals surface area contributed by atoms with Gasteiger partial charge in [-0.15, -0.1) is 0 Å². The summed E-state index contributed by atoms with van der Waals surface area (Å²) < 4.78 is 13.9. The first kappa shape index (κ1) is 48.9. The number of amides is 2. The lowest BCUT2D eigenvalue weighted by atomic mass is 10.1. The van der Waals surface area contributed by atoms with Gasteiger partial charge in [-0.3, -0.25) is 9.59 Å². The highest BCUT2D eigenvalue weighted by Crippen LogP contribution is 2.35. The van der Waals surface area contributed by atoms with Crippen molar-refractivity contribution >= 4 is 87.0 Å². The molecular weight excluding hydrogens is 1030 g/mol. The molecule has 60 heavy (non-hydrogen) atoms. The molecule has 4 aromatic rings. The normalized spacial score (nSPS) is 11.6. The summed E-state index contributed by atoms with van der Waals surface area (Å²) in [6.07, 6.45) is 4.14. The van der Waals surface area contributed by atoms with Crippen LogP contribution < -0.4 is 30.7 Å². The monoisotopic (exact) mass is 1080 g/mol. The summed E-state index contributed by atoms with van der Waals surface area (Å²) in [5.41, 5.74) is 4.24. The second kappa shape index (κ2) is 27.9. The lowest BCUT2D eigenvalue weighted by Crippen LogP contribution is -2.34. The Bertz CT molecular complexity index is 1820. The van der Waals surface area contributed by atoms with Crippen molar-refractivity contribution in [1.82, 2.24) is 21.3 Å². The lowest BCUT2D eigenvalue weighted by Gasteiger charge is -2.12. The molecular formula is C44H52Br4N6O6. The van der Waals surface area contributed by atoms with E-state index in [0.29, 0.717) is 24.6 Å². The molecule has 0 radical (unpaired) electrons. The van der Waals surface area contributed by atoms with E-state index < -0.39 is 0 Å². The zero-order valence-electron chi connectivity index (χ0n) is 33.8. The van der Waals surface area contributed by atoms with E-state index in [0.717, 1.165) is 92.0 Å². The van der Waals surface area contributed by atoms with E-state index in [1.165, 1.54) is 0 Å². The van der Waals surface area contributed by atoms with Gasteiger partial charge in [0.05, 0.1) is 32.1 Å². The molecule has 4 aromatic carbocycles. The summed E-state index contributed by atoms with van der Waals surface area (Å²) in [5, 5.41) is 21.4. The number of carbonyl (C=O) groups excluding carboxylic acids is 2. The smallest absolute Gasteiger partial charge is 0.269 e. The van der Waals surface area contributed by atoms with Crippen molar-refractivity contribution in [1.29, 1.82) is 0 Å². The highest BCUT2D eigenvalue weighted by Gasteiger charge is 2.18. The largest absolute Gasteiger partial charge is 0.494 e. The van der Waals surface area contributed by atoms with Crippen LogP contribution in [0.5, 0.6) is 11.5 Å². The minimum absolute atomic E-state index is 0.262. The Morgan fingerprint density at radius 2 is 0.850 bits per heavy atom. The van der Waals surface area contributed by atoms with Crippen molar-refractivity contribution < 1.29 is 28.7 Å². The molecule has 0 unspecified atom stereocenters. The Morgan fingerprint density at radius 1 is 0.500 bits per heavy atom. The molecule has 0 aromatic heterocycles. The fourth-order valence-corrected chi connectivity index (χ4v) is 9.03. The number of oxime groups is 2. The van der Waals surface area contributed by atoms with Crippen molar-refractivity contribution in [2.45, 2.75) is 51.7 Å². The molecule has 2 amide bonds. The summed E-state index contributed by atoms with van der Waals surface area (Å²) in [5.74, 6) is 0.814. The zero-order chi connectivity index (χ0) is 43.0. The minimum Gasteiger partial charge on any atom is -0.494 e. The predicted octanol–water partition coefficient (Wildman–Crippen LogP) is 8.66. The van der Waals surface area contributed by atoms with Gasteiger partial charge in [0.25, 0.3) is 11.8 Å². The van der Waals surface area contributed by atoms with Gasteiger partial charge in [-0.2, -0.15) is 0 Å². The van der Waals surface area contributed by atoms with Gasteiger partial charge in [-0.05, 0) is 162 Å². The summed E-state index contributed by atoms with van der Waals surface area (Å²) in [6.45, 7) is 4.84. The van der Waals surface area contributed by atoms with Gasteiger partial charge in [-0.25, -0.2) is 0 Å². The van der Waals surface area contributed by atoms with Crippen LogP contribution in [0.3, 0.4) is 0 Å². The molecule has 0 fully saturated rings. The van der Waals surface area contributed by atoms with Gasteiger partial charge in [-0.1, -0.05) is 71.0 Å². The molecule has 12 nitrogen and oxygen atoms in total. The van der Waals surface area contributed by atoms with E-state index in [4.69, 9.17) is 19.1 Å². The van der Waals surface area contributed by atoms with E-state index >= 15 is 0 Å². The maximum Gasteiger partial charge on any atom is 0.269 e. The fraction of sp³-hybridized carbons (Fsp3) is 0.364. The molecule has 4 rings (SSSR count). The van der Waals surface area contributed by atoms with E-state index in [1.807, 2.05) is 84.9 Å². The molecule has 0 atom stereocenters.